The maximum absolute atomic E-state index is 9.76. The molecule has 2 saturated heterocycles. The second kappa shape index (κ2) is 5.69. The van der Waals surface area contributed by atoms with E-state index in [9.17, 15) is 5.11 Å². The van der Waals surface area contributed by atoms with Crippen molar-refractivity contribution in [3.63, 3.8) is 0 Å². The van der Waals surface area contributed by atoms with Crippen LogP contribution in [0.5, 0.6) is 0 Å². The minimum Gasteiger partial charge on any atom is -0.393 e. The molecule has 0 aromatic heterocycles. The molecular formula is C11H20N4O2. The summed E-state index contributed by atoms with van der Waals surface area (Å²) in [6.45, 7) is 3.83. The van der Waals surface area contributed by atoms with Gasteiger partial charge in [-0.25, -0.2) is 0 Å². The second-order valence-corrected chi connectivity index (χ2v) is 5.01. The van der Waals surface area contributed by atoms with Crippen LogP contribution < -0.4 is 0 Å². The van der Waals surface area contributed by atoms with E-state index in [0.717, 1.165) is 45.3 Å². The van der Waals surface area contributed by atoms with Gasteiger partial charge in [0.1, 0.15) is 0 Å². The van der Waals surface area contributed by atoms with E-state index in [0.29, 0.717) is 13.2 Å². The molecule has 17 heavy (non-hydrogen) atoms. The number of azide groups is 1. The van der Waals surface area contributed by atoms with E-state index in [1.54, 1.807) is 0 Å². The predicted molar refractivity (Wildman–Crippen MR) is 63.6 cm³/mol. The van der Waals surface area contributed by atoms with Gasteiger partial charge in [0.05, 0.1) is 11.7 Å². The van der Waals surface area contributed by atoms with Crippen LogP contribution in [0.15, 0.2) is 5.11 Å². The number of likely N-dealkylation sites (tertiary alicyclic amines) is 1. The van der Waals surface area contributed by atoms with Gasteiger partial charge in [-0.3, -0.25) is 0 Å². The Labute approximate surface area is 101 Å². The molecule has 0 saturated carbocycles. The summed E-state index contributed by atoms with van der Waals surface area (Å²) < 4.78 is 5.91. The van der Waals surface area contributed by atoms with Crippen LogP contribution in [0.2, 0.25) is 0 Å². The molecule has 1 N–H and O–H groups in total. The quantitative estimate of drug-likeness (QED) is 0.458. The van der Waals surface area contributed by atoms with Crippen molar-refractivity contribution < 1.29 is 9.84 Å². The molecule has 2 rings (SSSR count). The maximum Gasteiger partial charge on any atom is 0.0833 e. The first kappa shape index (κ1) is 12.6. The van der Waals surface area contributed by atoms with Crippen molar-refractivity contribution in [2.45, 2.75) is 37.4 Å². The third-order valence-electron chi connectivity index (χ3n) is 3.66. The Bertz CT molecular complexity index is 302. The summed E-state index contributed by atoms with van der Waals surface area (Å²) >= 11 is 0. The molecule has 0 bridgehead atoms. The molecule has 6 nitrogen and oxygen atoms in total. The molecular weight excluding hydrogens is 220 g/mol. The van der Waals surface area contributed by atoms with Crippen LogP contribution in [0.3, 0.4) is 0 Å². The van der Waals surface area contributed by atoms with Crippen LogP contribution in [0, 0.1) is 0 Å². The largest absolute Gasteiger partial charge is 0.393 e. The molecule has 2 aliphatic heterocycles. The Balaban J connectivity index is 1.89. The molecule has 2 aliphatic rings. The van der Waals surface area contributed by atoms with Gasteiger partial charge < -0.3 is 14.7 Å². The summed E-state index contributed by atoms with van der Waals surface area (Å²) in [4.78, 5) is 5.04. The van der Waals surface area contributed by atoms with Crippen molar-refractivity contribution in [1.29, 1.82) is 0 Å². The van der Waals surface area contributed by atoms with Gasteiger partial charge in [0, 0.05) is 37.6 Å². The molecule has 0 aromatic carbocycles. The van der Waals surface area contributed by atoms with Crippen LogP contribution in [0.4, 0.5) is 0 Å². The summed E-state index contributed by atoms with van der Waals surface area (Å²) in [5, 5.41) is 13.3. The number of aliphatic hydroxyl groups excluding tert-OH is 1. The van der Waals surface area contributed by atoms with Crippen LogP contribution in [0.1, 0.15) is 25.7 Å². The molecule has 2 fully saturated rings. The van der Waals surface area contributed by atoms with Crippen molar-refractivity contribution in [3.05, 3.63) is 10.4 Å². The van der Waals surface area contributed by atoms with Crippen molar-refractivity contribution in [2.75, 3.05) is 32.8 Å². The minimum atomic E-state index is -0.221. The van der Waals surface area contributed by atoms with E-state index in [-0.39, 0.29) is 11.7 Å². The number of ether oxygens (including phenoxy) is 1. The zero-order valence-electron chi connectivity index (χ0n) is 10.1. The molecule has 0 unspecified atom stereocenters. The molecule has 0 radical (unpaired) electrons. The van der Waals surface area contributed by atoms with Gasteiger partial charge in [-0.15, -0.1) is 0 Å². The average molecular weight is 240 g/mol. The number of piperidine rings is 1. The molecule has 0 aliphatic carbocycles. The van der Waals surface area contributed by atoms with E-state index in [2.05, 4.69) is 14.9 Å². The van der Waals surface area contributed by atoms with Crippen molar-refractivity contribution in [2.24, 2.45) is 5.11 Å². The van der Waals surface area contributed by atoms with Gasteiger partial charge in [0.2, 0.25) is 0 Å². The molecule has 0 aromatic rings. The first-order valence-corrected chi connectivity index (χ1v) is 6.29. The molecule has 2 heterocycles. The minimum absolute atomic E-state index is 0.160. The van der Waals surface area contributed by atoms with Gasteiger partial charge in [-0.05, 0) is 31.3 Å². The third-order valence-corrected chi connectivity index (χ3v) is 3.66. The fourth-order valence-electron chi connectivity index (χ4n) is 2.90. The molecule has 1 spiro atoms. The zero-order chi connectivity index (χ0) is 12.1. The molecule has 96 valence electrons. The predicted octanol–water partition coefficient (Wildman–Crippen LogP) is 1.30. The highest BCUT2D eigenvalue weighted by Gasteiger charge is 2.40. The van der Waals surface area contributed by atoms with Crippen LogP contribution in [-0.2, 0) is 4.74 Å². The fraction of sp³-hybridized carbons (Fsp3) is 1.00. The van der Waals surface area contributed by atoms with E-state index in [1.165, 1.54) is 0 Å². The fourth-order valence-corrected chi connectivity index (χ4v) is 2.90. The Morgan fingerprint density at radius 2 is 2.47 bits per heavy atom. The Kier molecular flexibility index (Phi) is 4.23. The summed E-state index contributed by atoms with van der Waals surface area (Å²) in [6, 6.07) is 0. The smallest absolute Gasteiger partial charge is 0.0833 e. The Morgan fingerprint density at radius 3 is 3.24 bits per heavy atom. The first-order valence-electron chi connectivity index (χ1n) is 6.29. The van der Waals surface area contributed by atoms with E-state index in [4.69, 9.17) is 10.3 Å². The summed E-state index contributed by atoms with van der Waals surface area (Å²) in [5.74, 6) is 0. The Morgan fingerprint density at radius 1 is 1.59 bits per heavy atom. The van der Waals surface area contributed by atoms with E-state index in [1.807, 2.05) is 0 Å². The lowest BCUT2D eigenvalue weighted by Crippen LogP contribution is -2.54. The highest BCUT2D eigenvalue weighted by Crippen LogP contribution is 2.33. The number of hydrogen-bond donors (Lipinski definition) is 1. The third kappa shape index (κ3) is 3.33. The lowest BCUT2D eigenvalue weighted by Gasteiger charge is -2.46. The normalized spacial score (nSPS) is 34.5. The summed E-state index contributed by atoms with van der Waals surface area (Å²) in [7, 11) is 0. The van der Waals surface area contributed by atoms with Crippen LogP contribution in [-0.4, -0.2) is 54.5 Å². The number of rotatable bonds is 3. The highest BCUT2D eigenvalue weighted by molar-refractivity contribution is 4.93. The van der Waals surface area contributed by atoms with Crippen LogP contribution >= 0.6 is 0 Å². The van der Waals surface area contributed by atoms with Crippen molar-refractivity contribution >= 4 is 0 Å². The van der Waals surface area contributed by atoms with E-state index < -0.39 is 0 Å². The lowest BCUT2D eigenvalue weighted by molar-refractivity contribution is -0.146. The number of hydrogen-bond acceptors (Lipinski definition) is 4. The standard InChI is InChI=1S/C11H20N4O2/c12-14-13-4-6-15-5-1-3-11(9-15)8-10(16)2-7-17-11/h10,16H,1-9H2/t10-,11-/m0/s1. The average Bonchev–Trinajstić information content (AvgIpc) is 2.29. The molecule has 2 atom stereocenters. The molecule has 0 amide bonds. The van der Waals surface area contributed by atoms with Crippen molar-refractivity contribution in [3.8, 4) is 0 Å². The number of nitrogens with zero attached hydrogens (tertiary/aromatic N) is 4. The van der Waals surface area contributed by atoms with Gasteiger partial charge in [-0.2, -0.15) is 0 Å². The lowest BCUT2D eigenvalue weighted by atomic mass is 9.84. The van der Waals surface area contributed by atoms with E-state index >= 15 is 0 Å². The summed E-state index contributed by atoms with van der Waals surface area (Å²) in [6.07, 6.45) is 3.39. The monoisotopic (exact) mass is 240 g/mol. The second-order valence-electron chi connectivity index (χ2n) is 5.01. The zero-order valence-corrected chi connectivity index (χ0v) is 10.1. The van der Waals surface area contributed by atoms with Gasteiger partial charge in [-0.1, -0.05) is 5.11 Å². The summed E-state index contributed by atoms with van der Waals surface area (Å²) in [5.41, 5.74) is 8.09. The Hall–Kier alpha value is -0.810. The topological polar surface area (TPSA) is 81.5 Å². The van der Waals surface area contributed by atoms with Crippen molar-refractivity contribution in [1.82, 2.24) is 4.90 Å². The van der Waals surface area contributed by atoms with Gasteiger partial charge >= 0.3 is 0 Å². The van der Waals surface area contributed by atoms with Crippen LogP contribution in [0.25, 0.3) is 10.4 Å². The van der Waals surface area contributed by atoms with Gasteiger partial charge in [0.15, 0.2) is 0 Å². The first-order chi connectivity index (χ1) is 8.24. The highest BCUT2D eigenvalue weighted by atomic mass is 16.5. The number of aliphatic hydroxyl groups is 1. The maximum atomic E-state index is 9.76. The molecule has 6 heteroatoms. The SMILES string of the molecule is [N-]=[N+]=NCCN1CCC[C@]2(C[C@@H](O)CCO2)C1. The van der Waals surface area contributed by atoms with Gasteiger partial charge in [0.25, 0.3) is 0 Å².